The number of anilines is 1. The number of hydrogen-bond donors (Lipinski definition) is 1. The number of benzene rings is 2. The van der Waals surface area contributed by atoms with E-state index in [1.807, 2.05) is 6.07 Å². The van der Waals surface area contributed by atoms with Crippen LogP contribution in [0.1, 0.15) is 12.0 Å². The summed E-state index contributed by atoms with van der Waals surface area (Å²) in [5, 5.41) is 3.36. The van der Waals surface area contributed by atoms with Crippen molar-refractivity contribution in [3.05, 3.63) is 58.0 Å². The highest BCUT2D eigenvalue weighted by molar-refractivity contribution is 8.26. The predicted molar refractivity (Wildman–Crippen MR) is 124 cm³/mol. The van der Waals surface area contributed by atoms with Gasteiger partial charge in [0.2, 0.25) is 5.91 Å². The molecule has 1 saturated heterocycles. The average molecular weight is 463 g/mol. The Hall–Kier alpha value is -2.55. The second-order valence-electron chi connectivity index (χ2n) is 6.25. The van der Waals surface area contributed by atoms with Crippen molar-refractivity contribution in [2.45, 2.75) is 6.42 Å². The lowest BCUT2D eigenvalue weighted by Crippen LogP contribution is -2.31. The van der Waals surface area contributed by atoms with Crippen LogP contribution < -0.4 is 14.8 Å². The fraction of sp³-hybridized carbons (Fsp3) is 0.190. The zero-order chi connectivity index (χ0) is 21.7. The number of methoxy groups -OCH3 is 2. The van der Waals surface area contributed by atoms with Gasteiger partial charge in [0.1, 0.15) is 4.32 Å². The van der Waals surface area contributed by atoms with Gasteiger partial charge in [-0.1, -0.05) is 41.6 Å². The second kappa shape index (κ2) is 9.97. The van der Waals surface area contributed by atoms with Crippen molar-refractivity contribution in [2.75, 3.05) is 26.1 Å². The number of nitrogens with one attached hydrogen (secondary N) is 1. The Morgan fingerprint density at radius 2 is 1.87 bits per heavy atom. The first-order valence-corrected chi connectivity index (χ1v) is 10.5. The van der Waals surface area contributed by atoms with E-state index >= 15 is 0 Å². The highest BCUT2D eigenvalue weighted by Gasteiger charge is 2.32. The Labute approximate surface area is 189 Å². The molecule has 30 heavy (non-hydrogen) atoms. The molecule has 3 rings (SSSR count). The van der Waals surface area contributed by atoms with Crippen molar-refractivity contribution >= 4 is 63.5 Å². The van der Waals surface area contributed by atoms with Gasteiger partial charge in [0.25, 0.3) is 5.91 Å². The summed E-state index contributed by atoms with van der Waals surface area (Å²) in [4.78, 5) is 26.9. The van der Waals surface area contributed by atoms with Crippen molar-refractivity contribution in [1.82, 2.24) is 4.90 Å². The lowest BCUT2D eigenvalue weighted by Gasteiger charge is -2.14. The molecule has 0 atom stereocenters. The summed E-state index contributed by atoms with van der Waals surface area (Å²) in [5.41, 5.74) is 1.43. The summed E-state index contributed by atoms with van der Waals surface area (Å²) in [6.07, 6.45) is 1.87. The second-order valence-corrected chi connectivity index (χ2v) is 8.37. The first-order valence-electron chi connectivity index (χ1n) is 8.94. The lowest BCUT2D eigenvalue weighted by molar-refractivity contribution is -0.122. The Balaban J connectivity index is 1.63. The Kier molecular flexibility index (Phi) is 7.36. The maximum Gasteiger partial charge on any atom is 0.266 e. The molecule has 1 fully saturated rings. The van der Waals surface area contributed by atoms with Gasteiger partial charge in [0.05, 0.1) is 19.1 Å². The van der Waals surface area contributed by atoms with E-state index in [0.29, 0.717) is 31.4 Å². The number of ether oxygens (including phenoxy) is 2. The molecule has 0 radical (unpaired) electrons. The minimum Gasteiger partial charge on any atom is -0.493 e. The molecule has 1 heterocycles. The molecule has 2 aromatic rings. The Morgan fingerprint density at radius 1 is 1.17 bits per heavy atom. The molecule has 1 N–H and O–H groups in total. The summed E-state index contributed by atoms with van der Waals surface area (Å²) < 4.78 is 10.9. The first-order chi connectivity index (χ1) is 14.4. The molecule has 0 aliphatic carbocycles. The number of nitrogens with zero attached hydrogens (tertiary/aromatic N) is 1. The summed E-state index contributed by atoms with van der Waals surface area (Å²) in [5.74, 6) is 0.740. The topological polar surface area (TPSA) is 67.9 Å². The maximum absolute atomic E-state index is 12.8. The van der Waals surface area contributed by atoms with Crippen LogP contribution in [0.3, 0.4) is 0 Å². The van der Waals surface area contributed by atoms with Crippen molar-refractivity contribution < 1.29 is 19.1 Å². The largest absolute Gasteiger partial charge is 0.493 e. The van der Waals surface area contributed by atoms with Gasteiger partial charge in [-0.2, -0.15) is 0 Å². The van der Waals surface area contributed by atoms with Crippen LogP contribution in [0, 0.1) is 0 Å². The molecule has 9 heteroatoms. The van der Waals surface area contributed by atoms with Gasteiger partial charge < -0.3 is 14.8 Å². The van der Waals surface area contributed by atoms with Crippen molar-refractivity contribution in [1.29, 1.82) is 0 Å². The van der Waals surface area contributed by atoms with Crippen LogP contribution in [-0.2, 0) is 9.59 Å². The van der Waals surface area contributed by atoms with E-state index in [-0.39, 0.29) is 24.8 Å². The number of hydrogen-bond acceptors (Lipinski definition) is 6. The molecule has 1 aliphatic rings. The van der Waals surface area contributed by atoms with E-state index < -0.39 is 0 Å². The lowest BCUT2D eigenvalue weighted by atomic mass is 10.2. The van der Waals surface area contributed by atoms with Gasteiger partial charge in [-0.15, -0.1) is 0 Å². The number of thioether (sulfide) groups is 1. The predicted octanol–water partition coefficient (Wildman–Crippen LogP) is 4.59. The molecule has 0 saturated carbocycles. The van der Waals surface area contributed by atoms with Crippen LogP contribution in [0.25, 0.3) is 6.08 Å². The molecule has 0 unspecified atom stereocenters. The summed E-state index contributed by atoms with van der Waals surface area (Å²) in [6, 6.07) is 12.2. The molecular formula is C21H19ClN2O4S2. The molecule has 0 aromatic heterocycles. The van der Waals surface area contributed by atoms with Crippen LogP contribution in [0.4, 0.5) is 5.69 Å². The SMILES string of the molecule is COc1ccc(/C=C2\SC(=S)N(CCC(=O)Nc3ccc(Cl)cc3)C2=O)cc1OC. The molecular weight excluding hydrogens is 444 g/mol. The minimum atomic E-state index is -0.223. The third-order valence-electron chi connectivity index (χ3n) is 4.27. The minimum absolute atomic E-state index is 0.124. The quantitative estimate of drug-likeness (QED) is 0.479. The third kappa shape index (κ3) is 5.33. The molecule has 6 nitrogen and oxygen atoms in total. The van der Waals surface area contributed by atoms with E-state index in [0.717, 1.165) is 5.56 Å². The van der Waals surface area contributed by atoms with Gasteiger partial charge in [-0.05, 0) is 48.0 Å². The van der Waals surface area contributed by atoms with E-state index in [2.05, 4.69) is 5.32 Å². The zero-order valence-electron chi connectivity index (χ0n) is 16.3. The van der Waals surface area contributed by atoms with E-state index in [1.54, 1.807) is 56.7 Å². The smallest absolute Gasteiger partial charge is 0.266 e. The van der Waals surface area contributed by atoms with Crippen molar-refractivity contribution in [3.8, 4) is 11.5 Å². The van der Waals surface area contributed by atoms with Crippen LogP contribution >= 0.6 is 35.6 Å². The third-order valence-corrected chi connectivity index (χ3v) is 5.90. The molecule has 0 bridgehead atoms. The highest BCUT2D eigenvalue weighted by Crippen LogP contribution is 2.34. The highest BCUT2D eigenvalue weighted by atomic mass is 35.5. The maximum atomic E-state index is 12.8. The zero-order valence-corrected chi connectivity index (χ0v) is 18.7. The van der Waals surface area contributed by atoms with E-state index in [4.69, 9.17) is 33.3 Å². The Morgan fingerprint density at radius 3 is 2.53 bits per heavy atom. The summed E-state index contributed by atoms with van der Waals surface area (Å²) in [6.45, 7) is 0.202. The van der Waals surface area contributed by atoms with Crippen LogP contribution in [0.15, 0.2) is 47.4 Å². The molecule has 1 aliphatic heterocycles. The van der Waals surface area contributed by atoms with E-state index in [9.17, 15) is 9.59 Å². The molecule has 2 aromatic carbocycles. The fourth-order valence-corrected chi connectivity index (χ4v) is 4.19. The van der Waals surface area contributed by atoms with E-state index in [1.165, 1.54) is 16.7 Å². The molecule has 156 valence electrons. The van der Waals surface area contributed by atoms with Crippen LogP contribution in [0.5, 0.6) is 11.5 Å². The number of amides is 2. The first kappa shape index (κ1) is 22.1. The monoisotopic (exact) mass is 462 g/mol. The Bertz CT molecular complexity index is 1010. The number of thiocarbonyl (C=S) groups is 1. The number of carbonyl (C=O) groups is 2. The van der Waals surface area contributed by atoms with Gasteiger partial charge in [-0.25, -0.2) is 0 Å². The fourth-order valence-electron chi connectivity index (χ4n) is 2.76. The number of rotatable bonds is 7. The van der Waals surface area contributed by atoms with Crippen LogP contribution in [0.2, 0.25) is 5.02 Å². The summed E-state index contributed by atoms with van der Waals surface area (Å²) in [7, 11) is 3.11. The van der Waals surface area contributed by atoms with Gasteiger partial charge in [-0.3, -0.25) is 14.5 Å². The number of halogens is 1. The summed E-state index contributed by atoms with van der Waals surface area (Å²) >= 11 is 12.4. The van der Waals surface area contributed by atoms with Crippen molar-refractivity contribution in [3.63, 3.8) is 0 Å². The van der Waals surface area contributed by atoms with Gasteiger partial charge in [0, 0.05) is 23.7 Å². The standard InChI is InChI=1S/C21H19ClN2O4S2/c1-27-16-8-3-13(11-17(16)28-2)12-18-20(26)24(21(29)30-18)10-9-19(25)23-15-6-4-14(22)5-7-15/h3-8,11-12H,9-10H2,1-2H3,(H,23,25)/b18-12-. The van der Waals surface area contributed by atoms with Gasteiger partial charge in [0.15, 0.2) is 11.5 Å². The van der Waals surface area contributed by atoms with Crippen LogP contribution in [-0.4, -0.2) is 41.8 Å². The number of carbonyl (C=O) groups excluding carboxylic acids is 2. The van der Waals surface area contributed by atoms with Gasteiger partial charge >= 0.3 is 0 Å². The normalized spacial score (nSPS) is 14.9. The van der Waals surface area contributed by atoms with Crippen molar-refractivity contribution in [2.24, 2.45) is 0 Å². The molecule has 2 amide bonds. The average Bonchev–Trinajstić information content (AvgIpc) is 3.00. The molecule has 0 spiro atoms.